The van der Waals surface area contributed by atoms with Crippen molar-refractivity contribution in [3.05, 3.63) is 0 Å². The minimum Gasteiger partial charge on any atom is -0.390 e. The number of hydrogen-bond acceptors (Lipinski definition) is 3. The maximum absolute atomic E-state index is 9.36. The number of aliphatic hydroxyl groups is 2. The zero-order chi connectivity index (χ0) is 8.43. The molecule has 0 aromatic heterocycles. The average molecular weight is 160 g/mol. The summed E-state index contributed by atoms with van der Waals surface area (Å²) in [6, 6.07) is 0. The molecule has 0 aromatic rings. The van der Waals surface area contributed by atoms with Crippen molar-refractivity contribution in [2.24, 2.45) is 5.92 Å². The fourth-order valence-corrected chi connectivity index (χ4v) is 1.41. The number of aliphatic hydroxyl groups excluding tert-OH is 2. The summed E-state index contributed by atoms with van der Waals surface area (Å²) in [5.74, 6) is 0.0983. The molecular formula is C8H16O3. The summed E-state index contributed by atoms with van der Waals surface area (Å²) in [6.45, 7) is 3.76. The van der Waals surface area contributed by atoms with E-state index in [0.717, 1.165) is 6.42 Å². The Hall–Kier alpha value is -0.120. The predicted octanol–water partition coefficient (Wildman–Crippen LogP) is 0.501. The molecule has 11 heavy (non-hydrogen) atoms. The summed E-state index contributed by atoms with van der Waals surface area (Å²) in [4.78, 5) is 0. The minimum absolute atomic E-state index is 0.0983. The number of ether oxygens (including phenoxy) is 1. The summed E-state index contributed by atoms with van der Waals surface area (Å²) < 4.78 is 5.11. The summed E-state index contributed by atoms with van der Waals surface area (Å²) in [5, 5.41) is 18.7. The highest BCUT2D eigenvalue weighted by atomic mass is 16.6. The van der Waals surface area contributed by atoms with Gasteiger partial charge in [-0.15, -0.1) is 0 Å². The van der Waals surface area contributed by atoms with Crippen molar-refractivity contribution in [3.63, 3.8) is 0 Å². The van der Waals surface area contributed by atoms with Gasteiger partial charge in [0.1, 0.15) is 0 Å². The standard InChI is InChI=1S/C8H16O3/c1-3-6-4-7(9)5(2)11-8(6)10/h5-10H,3-4H2,1-2H3/t5-,6+,7?,8?/m0/s1. The Bertz CT molecular complexity index is 127. The van der Waals surface area contributed by atoms with Crippen LogP contribution in [0.15, 0.2) is 0 Å². The zero-order valence-corrected chi connectivity index (χ0v) is 7.03. The molecule has 0 amide bonds. The van der Waals surface area contributed by atoms with Gasteiger partial charge >= 0.3 is 0 Å². The first-order valence-corrected chi connectivity index (χ1v) is 4.16. The molecule has 3 nitrogen and oxygen atoms in total. The van der Waals surface area contributed by atoms with Gasteiger partial charge in [-0.05, 0) is 19.8 Å². The van der Waals surface area contributed by atoms with Crippen LogP contribution in [0.3, 0.4) is 0 Å². The lowest BCUT2D eigenvalue weighted by molar-refractivity contribution is -0.222. The molecule has 0 radical (unpaired) electrons. The van der Waals surface area contributed by atoms with Crippen LogP contribution in [0.4, 0.5) is 0 Å². The lowest BCUT2D eigenvalue weighted by Crippen LogP contribution is -2.42. The van der Waals surface area contributed by atoms with Crippen LogP contribution in [-0.4, -0.2) is 28.7 Å². The summed E-state index contributed by atoms with van der Waals surface area (Å²) in [5.41, 5.74) is 0. The van der Waals surface area contributed by atoms with Gasteiger partial charge in [0.25, 0.3) is 0 Å². The highest BCUT2D eigenvalue weighted by Crippen LogP contribution is 2.25. The van der Waals surface area contributed by atoms with Gasteiger partial charge in [0, 0.05) is 5.92 Å². The largest absolute Gasteiger partial charge is 0.390 e. The molecule has 0 aliphatic carbocycles. The summed E-state index contributed by atoms with van der Waals surface area (Å²) in [7, 11) is 0. The van der Waals surface area contributed by atoms with Crippen molar-refractivity contribution < 1.29 is 14.9 Å². The molecule has 4 atom stereocenters. The highest BCUT2D eigenvalue weighted by Gasteiger charge is 2.32. The summed E-state index contributed by atoms with van der Waals surface area (Å²) >= 11 is 0. The van der Waals surface area contributed by atoms with E-state index in [2.05, 4.69) is 0 Å². The minimum atomic E-state index is -0.682. The Labute approximate surface area is 67.0 Å². The second kappa shape index (κ2) is 3.52. The Morgan fingerprint density at radius 2 is 2.09 bits per heavy atom. The molecule has 1 saturated heterocycles. The monoisotopic (exact) mass is 160 g/mol. The SMILES string of the molecule is CC[C@@H]1CC(O)[C@H](C)OC1O. The lowest BCUT2D eigenvalue weighted by atomic mass is 9.93. The van der Waals surface area contributed by atoms with Crippen molar-refractivity contribution in [2.75, 3.05) is 0 Å². The van der Waals surface area contributed by atoms with E-state index >= 15 is 0 Å². The molecule has 1 aliphatic rings. The Morgan fingerprint density at radius 1 is 1.45 bits per heavy atom. The normalized spacial score (nSPS) is 45.8. The van der Waals surface area contributed by atoms with Gasteiger partial charge < -0.3 is 14.9 Å². The summed E-state index contributed by atoms with van der Waals surface area (Å²) in [6.07, 6.45) is 0.179. The Kier molecular flexibility index (Phi) is 2.87. The first kappa shape index (κ1) is 8.97. The van der Waals surface area contributed by atoms with Crippen molar-refractivity contribution in [3.8, 4) is 0 Å². The van der Waals surface area contributed by atoms with Crippen LogP contribution in [0.1, 0.15) is 26.7 Å². The Balaban J connectivity index is 2.48. The van der Waals surface area contributed by atoms with E-state index in [9.17, 15) is 10.2 Å². The molecule has 66 valence electrons. The molecule has 2 unspecified atom stereocenters. The molecule has 2 N–H and O–H groups in total. The molecule has 1 heterocycles. The van der Waals surface area contributed by atoms with E-state index in [-0.39, 0.29) is 12.0 Å². The molecule has 0 aromatic carbocycles. The molecule has 3 heteroatoms. The topological polar surface area (TPSA) is 49.7 Å². The van der Waals surface area contributed by atoms with Gasteiger partial charge in [0.15, 0.2) is 6.29 Å². The van der Waals surface area contributed by atoms with Gasteiger partial charge in [-0.3, -0.25) is 0 Å². The molecule has 0 saturated carbocycles. The first-order valence-electron chi connectivity index (χ1n) is 4.16. The van der Waals surface area contributed by atoms with E-state index in [1.165, 1.54) is 0 Å². The van der Waals surface area contributed by atoms with Crippen molar-refractivity contribution in [2.45, 2.75) is 45.2 Å². The molecular weight excluding hydrogens is 144 g/mol. The molecule has 1 fully saturated rings. The van der Waals surface area contributed by atoms with Crippen LogP contribution in [0.5, 0.6) is 0 Å². The van der Waals surface area contributed by atoms with Crippen LogP contribution in [0, 0.1) is 5.92 Å². The van der Waals surface area contributed by atoms with Crippen LogP contribution in [0.25, 0.3) is 0 Å². The molecule has 1 rings (SSSR count). The van der Waals surface area contributed by atoms with E-state index in [1.807, 2.05) is 6.92 Å². The van der Waals surface area contributed by atoms with Gasteiger partial charge in [0.2, 0.25) is 0 Å². The first-order chi connectivity index (χ1) is 5.15. The van der Waals surface area contributed by atoms with E-state index in [1.54, 1.807) is 6.92 Å². The van der Waals surface area contributed by atoms with Crippen molar-refractivity contribution in [1.29, 1.82) is 0 Å². The van der Waals surface area contributed by atoms with E-state index in [4.69, 9.17) is 4.74 Å². The van der Waals surface area contributed by atoms with E-state index < -0.39 is 12.4 Å². The van der Waals surface area contributed by atoms with Crippen LogP contribution in [0.2, 0.25) is 0 Å². The van der Waals surface area contributed by atoms with E-state index in [0.29, 0.717) is 6.42 Å². The number of hydrogen-bond donors (Lipinski definition) is 2. The maximum atomic E-state index is 9.36. The molecule has 1 aliphatic heterocycles. The molecule has 0 bridgehead atoms. The van der Waals surface area contributed by atoms with Gasteiger partial charge in [-0.1, -0.05) is 6.92 Å². The zero-order valence-electron chi connectivity index (χ0n) is 7.03. The second-order valence-corrected chi connectivity index (χ2v) is 3.20. The smallest absolute Gasteiger partial charge is 0.157 e. The third-order valence-electron chi connectivity index (χ3n) is 2.37. The fraction of sp³-hybridized carbons (Fsp3) is 1.00. The maximum Gasteiger partial charge on any atom is 0.157 e. The van der Waals surface area contributed by atoms with Gasteiger partial charge in [-0.25, -0.2) is 0 Å². The Morgan fingerprint density at radius 3 is 2.64 bits per heavy atom. The third-order valence-corrected chi connectivity index (χ3v) is 2.37. The van der Waals surface area contributed by atoms with Crippen LogP contribution >= 0.6 is 0 Å². The van der Waals surface area contributed by atoms with Crippen LogP contribution in [-0.2, 0) is 4.74 Å². The van der Waals surface area contributed by atoms with Crippen molar-refractivity contribution >= 4 is 0 Å². The third kappa shape index (κ3) is 1.92. The van der Waals surface area contributed by atoms with Crippen molar-refractivity contribution in [1.82, 2.24) is 0 Å². The highest BCUT2D eigenvalue weighted by molar-refractivity contribution is 4.76. The molecule has 0 spiro atoms. The van der Waals surface area contributed by atoms with Gasteiger partial charge in [-0.2, -0.15) is 0 Å². The lowest BCUT2D eigenvalue weighted by Gasteiger charge is -2.34. The predicted molar refractivity (Wildman–Crippen MR) is 41.0 cm³/mol. The number of rotatable bonds is 1. The average Bonchev–Trinajstić information content (AvgIpc) is 1.97. The van der Waals surface area contributed by atoms with Crippen LogP contribution < -0.4 is 0 Å². The fourth-order valence-electron chi connectivity index (χ4n) is 1.41. The quantitative estimate of drug-likeness (QED) is 0.587. The second-order valence-electron chi connectivity index (χ2n) is 3.20. The van der Waals surface area contributed by atoms with Gasteiger partial charge in [0.05, 0.1) is 12.2 Å².